The molecule has 0 aliphatic carbocycles. The van der Waals surface area contributed by atoms with Crippen LogP contribution in [0.3, 0.4) is 0 Å². The predicted molar refractivity (Wildman–Crippen MR) is 137 cm³/mol. The van der Waals surface area contributed by atoms with E-state index >= 15 is 0 Å². The number of amides is 1. The molecule has 0 radical (unpaired) electrons. The maximum atomic E-state index is 13.1. The number of anilines is 1. The van der Waals surface area contributed by atoms with E-state index in [-0.39, 0.29) is 17.1 Å². The van der Waals surface area contributed by atoms with Crippen molar-refractivity contribution in [1.29, 1.82) is 0 Å². The summed E-state index contributed by atoms with van der Waals surface area (Å²) >= 11 is 1.20. The van der Waals surface area contributed by atoms with Gasteiger partial charge in [-0.2, -0.15) is 5.10 Å². The number of halogens is 1. The fourth-order valence-corrected chi connectivity index (χ4v) is 4.40. The Morgan fingerprint density at radius 1 is 1.06 bits per heavy atom. The van der Waals surface area contributed by atoms with Crippen molar-refractivity contribution in [1.82, 2.24) is 14.8 Å². The van der Waals surface area contributed by atoms with E-state index in [2.05, 4.69) is 22.3 Å². The van der Waals surface area contributed by atoms with Crippen molar-refractivity contribution in [3.05, 3.63) is 75.8 Å². The highest BCUT2D eigenvalue weighted by molar-refractivity contribution is 7.14. The number of rotatable bonds is 10. The number of carbonyl (C=O) groups excluding carboxylic acids is 2. The molecule has 2 heterocycles. The molecule has 2 aromatic carbocycles. The van der Waals surface area contributed by atoms with Crippen LogP contribution in [0.25, 0.3) is 22.0 Å². The first kappa shape index (κ1) is 25.2. The van der Waals surface area contributed by atoms with Gasteiger partial charge in [0.15, 0.2) is 17.4 Å². The second-order valence-corrected chi connectivity index (χ2v) is 9.01. The number of carbonyl (C=O) groups is 2. The number of fused-ring (bicyclic) bond motifs is 1. The van der Waals surface area contributed by atoms with Gasteiger partial charge in [-0.1, -0.05) is 44.4 Å². The summed E-state index contributed by atoms with van der Waals surface area (Å²) in [7, 11) is 0. The Labute approximate surface area is 210 Å². The van der Waals surface area contributed by atoms with Gasteiger partial charge in [-0.25, -0.2) is 18.9 Å². The van der Waals surface area contributed by atoms with E-state index < -0.39 is 18.5 Å². The summed E-state index contributed by atoms with van der Waals surface area (Å²) in [5, 5.41) is 9.65. The average Bonchev–Trinajstić information content (AvgIpc) is 3.35. The minimum Gasteiger partial charge on any atom is -0.451 e. The molecule has 0 unspecified atom stereocenters. The fraction of sp³-hybridized carbons (Fsp3) is 0.269. The molecule has 0 aliphatic heterocycles. The number of thiazole rings is 1. The molecule has 0 bridgehead atoms. The monoisotopic (exact) mass is 508 g/mol. The zero-order valence-corrected chi connectivity index (χ0v) is 20.5. The third kappa shape index (κ3) is 6.01. The number of benzene rings is 2. The summed E-state index contributed by atoms with van der Waals surface area (Å²) in [6.45, 7) is 1.95. The first-order valence-electron chi connectivity index (χ1n) is 11.6. The number of hydrogen-bond donors (Lipinski definition) is 1. The molecule has 0 spiro atoms. The lowest BCUT2D eigenvalue weighted by Gasteiger charge is -2.11. The van der Waals surface area contributed by atoms with Gasteiger partial charge < -0.3 is 4.74 Å². The second kappa shape index (κ2) is 11.7. The molecule has 186 valence electrons. The van der Waals surface area contributed by atoms with E-state index in [1.807, 2.05) is 0 Å². The SMILES string of the molecule is CCCCCCn1nc(C(=O)OCC(=O)Nc2nc(-c3ccc(F)cc3)cs2)c2ccccc2c1=O. The van der Waals surface area contributed by atoms with Gasteiger partial charge in [-0.15, -0.1) is 11.3 Å². The molecule has 4 rings (SSSR count). The Kier molecular flexibility index (Phi) is 8.17. The lowest BCUT2D eigenvalue weighted by atomic mass is 10.1. The van der Waals surface area contributed by atoms with E-state index in [1.54, 1.807) is 41.8 Å². The van der Waals surface area contributed by atoms with E-state index in [4.69, 9.17) is 4.74 Å². The third-order valence-corrected chi connectivity index (χ3v) is 6.27. The minimum absolute atomic E-state index is 0.0127. The molecule has 0 fully saturated rings. The highest BCUT2D eigenvalue weighted by atomic mass is 32.1. The average molecular weight is 509 g/mol. The zero-order chi connectivity index (χ0) is 25.5. The molecule has 0 saturated heterocycles. The van der Waals surface area contributed by atoms with Crippen LogP contribution in [0.1, 0.15) is 43.1 Å². The lowest BCUT2D eigenvalue weighted by molar-refractivity contribution is -0.119. The van der Waals surface area contributed by atoms with Crippen LogP contribution in [-0.2, 0) is 16.1 Å². The number of esters is 1. The van der Waals surface area contributed by atoms with E-state index in [1.165, 1.54) is 28.2 Å². The highest BCUT2D eigenvalue weighted by Gasteiger charge is 2.19. The fourth-order valence-electron chi connectivity index (χ4n) is 3.67. The molecule has 10 heteroatoms. The van der Waals surface area contributed by atoms with Gasteiger partial charge in [0.05, 0.1) is 11.1 Å². The third-order valence-electron chi connectivity index (χ3n) is 5.51. The number of aryl methyl sites for hydroxylation is 1. The second-order valence-electron chi connectivity index (χ2n) is 8.15. The van der Waals surface area contributed by atoms with Gasteiger partial charge >= 0.3 is 5.97 Å². The molecule has 1 amide bonds. The van der Waals surface area contributed by atoms with Crippen molar-refractivity contribution in [3.63, 3.8) is 0 Å². The molecule has 0 aliphatic rings. The molecule has 0 atom stereocenters. The number of nitrogens with one attached hydrogen (secondary N) is 1. The van der Waals surface area contributed by atoms with Gasteiger partial charge in [0.1, 0.15) is 5.82 Å². The van der Waals surface area contributed by atoms with Crippen molar-refractivity contribution in [3.8, 4) is 11.3 Å². The molecule has 1 N–H and O–H groups in total. The van der Waals surface area contributed by atoms with Crippen LogP contribution in [0.2, 0.25) is 0 Å². The van der Waals surface area contributed by atoms with Gasteiger partial charge in [0.2, 0.25) is 0 Å². The Bertz CT molecular complexity index is 1430. The Morgan fingerprint density at radius 2 is 1.81 bits per heavy atom. The Morgan fingerprint density at radius 3 is 2.56 bits per heavy atom. The quantitative estimate of drug-likeness (QED) is 0.238. The standard InChI is InChI=1S/C26H25FN4O4S/c1-2-3-4-7-14-31-24(33)20-9-6-5-8-19(20)23(30-31)25(34)35-15-22(32)29-26-28-21(16-36-26)17-10-12-18(27)13-11-17/h5-6,8-13,16H,2-4,7,14-15H2,1H3,(H,28,29,32). The van der Waals surface area contributed by atoms with Crippen molar-refractivity contribution in [2.45, 2.75) is 39.2 Å². The van der Waals surface area contributed by atoms with E-state index in [0.29, 0.717) is 33.7 Å². The molecule has 2 aromatic heterocycles. The summed E-state index contributed by atoms with van der Waals surface area (Å²) in [5.41, 5.74) is 1.02. The number of aromatic nitrogens is 3. The summed E-state index contributed by atoms with van der Waals surface area (Å²) < 4.78 is 19.6. The van der Waals surface area contributed by atoms with Crippen molar-refractivity contribution < 1.29 is 18.7 Å². The minimum atomic E-state index is -0.796. The number of ether oxygens (including phenoxy) is 1. The summed E-state index contributed by atoms with van der Waals surface area (Å²) in [4.78, 5) is 42.4. The van der Waals surface area contributed by atoms with Crippen molar-refractivity contribution in [2.24, 2.45) is 0 Å². The highest BCUT2D eigenvalue weighted by Crippen LogP contribution is 2.25. The molecular weight excluding hydrogens is 483 g/mol. The number of hydrogen-bond acceptors (Lipinski definition) is 7. The topological polar surface area (TPSA) is 103 Å². The van der Waals surface area contributed by atoms with Gasteiger partial charge in [0.25, 0.3) is 11.5 Å². The maximum Gasteiger partial charge on any atom is 0.359 e. The van der Waals surface area contributed by atoms with Crippen molar-refractivity contribution in [2.75, 3.05) is 11.9 Å². The van der Waals surface area contributed by atoms with Crippen molar-refractivity contribution >= 4 is 39.1 Å². The largest absolute Gasteiger partial charge is 0.451 e. The first-order valence-corrected chi connectivity index (χ1v) is 12.5. The van der Waals surface area contributed by atoms with Gasteiger partial charge in [-0.05, 0) is 36.8 Å². The van der Waals surface area contributed by atoms with E-state index in [9.17, 15) is 18.8 Å². The molecule has 4 aromatic rings. The zero-order valence-electron chi connectivity index (χ0n) is 19.7. The van der Waals surface area contributed by atoms with Crippen LogP contribution in [0.4, 0.5) is 9.52 Å². The molecule has 0 saturated carbocycles. The van der Waals surface area contributed by atoms with Crippen LogP contribution >= 0.6 is 11.3 Å². The van der Waals surface area contributed by atoms with Crippen LogP contribution < -0.4 is 10.9 Å². The van der Waals surface area contributed by atoms with Crippen LogP contribution in [0, 0.1) is 5.82 Å². The molecular formula is C26H25FN4O4S. The molecule has 36 heavy (non-hydrogen) atoms. The van der Waals surface area contributed by atoms with Gasteiger partial charge in [-0.3, -0.25) is 14.9 Å². The normalized spacial score (nSPS) is 10.9. The van der Waals surface area contributed by atoms with E-state index in [0.717, 1.165) is 25.7 Å². The predicted octanol–water partition coefficient (Wildman–Crippen LogP) is 5.03. The lowest BCUT2D eigenvalue weighted by Crippen LogP contribution is -2.28. The number of unbranched alkanes of at least 4 members (excludes halogenated alkanes) is 3. The molecule has 8 nitrogen and oxygen atoms in total. The summed E-state index contributed by atoms with van der Waals surface area (Å²) in [6, 6.07) is 12.6. The maximum absolute atomic E-state index is 13.1. The Balaban J connectivity index is 1.43. The Hall–Kier alpha value is -3.92. The summed E-state index contributed by atoms with van der Waals surface area (Å²) in [5.74, 6) is -1.71. The van der Waals surface area contributed by atoms with Gasteiger partial charge in [0, 0.05) is 22.9 Å². The number of nitrogens with zero attached hydrogens (tertiary/aromatic N) is 3. The van der Waals surface area contributed by atoms with Crippen LogP contribution in [-0.4, -0.2) is 33.2 Å². The van der Waals surface area contributed by atoms with Crippen LogP contribution in [0.15, 0.2) is 58.7 Å². The smallest absolute Gasteiger partial charge is 0.359 e. The van der Waals surface area contributed by atoms with Crippen LogP contribution in [0.5, 0.6) is 0 Å². The summed E-state index contributed by atoms with van der Waals surface area (Å²) in [6.07, 6.45) is 3.84. The first-order chi connectivity index (χ1) is 17.5.